The predicted molar refractivity (Wildman–Crippen MR) is 52.5 cm³/mol. The van der Waals surface area contributed by atoms with Crippen LogP contribution in [0.15, 0.2) is 0 Å². The van der Waals surface area contributed by atoms with Crippen molar-refractivity contribution in [3.63, 3.8) is 0 Å². The molecule has 0 saturated carbocycles. The van der Waals surface area contributed by atoms with Gasteiger partial charge in [-0.3, -0.25) is 4.79 Å². The molecule has 0 radical (unpaired) electrons. The molecule has 5 nitrogen and oxygen atoms in total. The van der Waals surface area contributed by atoms with E-state index in [9.17, 15) is 9.59 Å². The number of unbranched alkanes of at least 4 members (excludes halogenated alkanes) is 1. The van der Waals surface area contributed by atoms with Crippen molar-refractivity contribution in [2.45, 2.75) is 44.7 Å². The number of carboxylic acid groups (broad SMARTS) is 1. The molecule has 0 aromatic carbocycles. The van der Waals surface area contributed by atoms with Crippen LogP contribution < -0.4 is 11.5 Å². The maximum Gasteiger partial charge on any atom is 0.338 e. The van der Waals surface area contributed by atoms with Crippen molar-refractivity contribution in [1.29, 1.82) is 0 Å². The molecule has 0 fully saturated rings. The van der Waals surface area contributed by atoms with Crippen molar-refractivity contribution < 1.29 is 14.7 Å². The Bertz CT molecular complexity index is 214. The molecular formula is C9H18N2O3. The molecule has 0 aromatic heterocycles. The fraction of sp³-hybridized carbons (Fsp3) is 0.778. The molecule has 0 rings (SSSR count). The van der Waals surface area contributed by atoms with Crippen LogP contribution in [0.5, 0.6) is 0 Å². The van der Waals surface area contributed by atoms with Gasteiger partial charge in [-0.25, -0.2) is 4.79 Å². The maximum atomic E-state index is 10.9. The highest BCUT2D eigenvalue weighted by Crippen LogP contribution is 2.08. The minimum atomic E-state index is -1.66. The van der Waals surface area contributed by atoms with Crippen molar-refractivity contribution in [3.05, 3.63) is 0 Å². The molecule has 0 aliphatic rings. The summed E-state index contributed by atoms with van der Waals surface area (Å²) in [6.07, 6.45) is 2.40. The summed E-state index contributed by atoms with van der Waals surface area (Å²) in [5, 5.41) is 8.58. The molecule has 0 bridgehead atoms. The van der Waals surface area contributed by atoms with E-state index in [2.05, 4.69) is 0 Å². The monoisotopic (exact) mass is 202 g/mol. The van der Waals surface area contributed by atoms with E-state index >= 15 is 0 Å². The van der Waals surface area contributed by atoms with Gasteiger partial charge in [-0.15, -0.1) is 0 Å². The molecule has 0 unspecified atom stereocenters. The second-order valence-corrected chi connectivity index (χ2v) is 3.44. The summed E-state index contributed by atoms with van der Waals surface area (Å²) in [4.78, 5) is 21.4. The first-order valence-corrected chi connectivity index (χ1v) is 4.73. The maximum absolute atomic E-state index is 10.9. The third-order valence-electron chi connectivity index (χ3n) is 2.09. The van der Waals surface area contributed by atoms with E-state index in [1.54, 1.807) is 6.92 Å². The van der Waals surface area contributed by atoms with E-state index in [4.69, 9.17) is 16.6 Å². The summed E-state index contributed by atoms with van der Waals surface area (Å²) in [6, 6.07) is 0. The summed E-state index contributed by atoms with van der Waals surface area (Å²) in [6.45, 7) is 1.80. The number of rotatable bonds is 7. The second kappa shape index (κ2) is 5.72. The fourth-order valence-electron chi connectivity index (χ4n) is 1.02. The van der Waals surface area contributed by atoms with Crippen molar-refractivity contribution in [1.82, 2.24) is 0 Å². The molecule has 0 aliphatic carbocycles. The Hall–Kier alpha value is -0.940. The summed E-state index contributed by atoms with van der Waals surface area (Å²) in [7, 11) is 0. The van der Waals surface area contributed by atoms with E-state index in [1.807, 2.05) is 0 Å². The van der Waals surface area contributed by atoms with Gasteiger partial charge in [0.15, 0.2) is 5.66 Å². The molecule has 0 saturated heterocycles. The van der Waals surface area contributed by atoms with Gasteiger partial charge in [0.25, 0.3) is 0 Å². The molecule has 0 spiro atoms. The van der Waals surface area contributed by atoms with Gasteiger partial charge in [0.2, 0.25) is 0 Å². The highest BCUT2D eigenvalue weighted by molar-refractivity contribution is 5.78. The highest BCUT2D eigenvalue weighted by Gasteiger charge is 2.27. The first-order valence-electron chi connectivity index (χ1n) is 4.73. The smallest absolute Gasteiger partial charge is 0.338 e. The van der Waals surface area contributed by atoms with Gasteiger partial charge in [0.1, 0.15) is 5.78 Å². The van der Waals surface area contributed by atoms with E-state index in [0.29, 0.717) is 25.7 Å². The number of hydrogen-bond donors (Lipinski definition) is 3. The molecular weight excluding hydrogens is 184 g/mol. The van der Waals surface area contributed by atoms with Crippen LogP contribution in [-0.4, -0.2) is 22.5 Å². The SMILES string of the molecule is CCC(=O)CCCCC(N)(N)C(=O)O. The average Bonchev–Trinajstić information content (AvgIpc) is 2.11. The quantitative estimate of drug-likeness (QED) is 0.404. The largest absolute Gasteiger partial charge is 0.479 e. The third-order valence-corrected chi connectivity index (χ3v) is 2.09. The number of carboxylic acids is 1. The molecule has 0 aromatic rings. The van der Waals surface area contributed by atoms with Crippen LogP contribution in [0.2, 0.25) is 0 Å². The number of carbonyl (C=O) groups is 2. The zero-order chi connectivity index (χ0) is 11.2. The first kappa shape index (κ1) is 13.1. The van der Waals surface area contributed by atoms with Crippen molar-refractivity contribution in [2.75, 3.05) is 0 Å². The number of carbonyl (C=O) groups excluding carboxylic acids is 1. The zero-order valence-electron chi connectivity index (χ0n) is 8.45. The van der Waals surface area contributed by atoms with E-state index in [1.165, 1.54) is 0 Å². The van der Waals surface area contributed by atoms with Crippen LogP contribution >= 0.6 is 0 Å². The minimum absolute atomic E-state index is 0.181. The van der Waals surface area contributed by atoms with E-state index in [-0.39, 0.29) is 12.2 Å². The number of ketones is 1. The van der Waals surface area contributed by atoms with Crippen LogP contribution in [0, 0.1) is 0 Å². The van der Waals surface area contributed by atoms with Gasteiger partial charge >= 0.3 is 5.97 Å². The van der Waals surface area contributed by atoms with Gasteiger partial charge in [-0.2, -0.15) is 0 Å². The van der Waals surface area contributed by atoms with E-state index in [0.717, 1.165) is 0 Å². The Morgan fingerprint density at radius 2 is 1.86 bits per heavy atom. The Kier molecular flexibility index (Phi) is 5.34. The number of aliphatic carboxylic acids is 1. The summed E-state index contributed by atoms with van der Waals surface area (Å²) in [5.74, 6) is -1.03. The van der Waals surface area contributed by atoms with Crippen LogP contribution in [-0.2, 0) is 9.59 Å². The van der Waals surface area contributed by atoms with Crippen molar-refractivity contribution >= 4 is 11.8 Å². The first-order chi connectivity index (χ1) is 6.40. The van der Waals surface area contributed by atoms with Gasteiger partial charge in [0.05, 0.1) is 0 Å². The van der Waals surface area contributed by atoms with Crippen LogP contribution in [0.1, 0.15) is 39.0 Å². The van der Waals surface area contributed by atoms with Gasteiger partial charge in [-0.1, -0.05) is 6.92 Å². The normalized spacial score (nSPS) is 11.4. The molecule has 0 aliphatic heterocycles. The van der Waals surface area contributed by atoms with E-state index < -0.39 is 11.6 Å². The average molecular weight is 202 g/mol. The Balaban J connectivity index is 3.64. The third kappa shape index (κ3) is 4.94. The van der Waals surface area contributed by atoms with Crippen LogP contribution in [0.3, 0.4) is 0 Å². The Morgan fingerprint density at radius 1 is 1.29 bits per heavy atom. The zero-order valence-corrected chi connectivity index (χ0v) is 8.45. The lowest BCUT2D eigenvalue weighted by Gasteiger charge is -2.18. The lowest BCUT2D eigenvalue weighted by atomic mass is 10.0. The highest BCUT2D eigenvalue weighted by atomic mass is 16.4. The summed E-state index contributed by atoms with van der Waals surface area (Å²) < 4.78 is 0. The minimum Gasteiger partial charge on any atom is -0.479 e. The Labute approximate surface area is 83.5 Å². The lowest BCUT2D eigenvalue weighted by molar-refractivity contribution is -0.143. The molecule has 5 heteroatoms. The number of nitrogens with two attached hydrogens (primary N) is 2. The molecule has 82 valence electrons. The fourth-order valence-corrected chi connectivity index (χ4v) is 1.02. The van der Waals surface area contributed by atoms with Gasteiger partial charge in [0, 0.05) is 12.8 Å². The predicted octanol–water partition coefficient (Wildman–Crippen LogP) is 0.224. The molecule has 14 heavy (non-hydrogen) atoms. The van der Waals surface area contributed by atoms with Gasteiger partial charge < -0.3 is 16.6 Å². The second-order valence-electron chi connectivity index (χ2n) is 3.44. The molecule has 0 amide bonds. The number of Topliss-reactive ketones (excluding diaryl/α,β-unsaturated/α-hetero) is 1. The Morgan fingerprint density at radius 3 is 2.29 bits per heavy atom. The van der Waals surface area contributed by atoms with Gasteiger partial charge in [-0.05, 0) is 19.3 Å². The summed E-state index contributed by atoms with van der Waals surface area (Å²) in [5.41, 5.74) is 8.95. The van der Waals surface area contributed by atoms with Crippen molar-refractivity contribution in [3.8, 4) is 0 Å². The summed E-state index contributed by atoms with van der Waals surface area (Å²) >= 11 is 0. The van der Waals surface area contributed by atoms with Crippen LogP contribution in [0.4, 0.5) is 0 Å². The lowest BCUT2D eigenvalue weighted by Crippen LogP contribution is -2.56. The molecule has 0 heterocycles. The topological polar surface area (TPSA) is 106 Å². The van der Waals surface area contributed by atoms with Crippen molar-refractivity contribution in [2.24, 2.45) is 11.5 Å². The van der Waals surface area contributed by atoms with Crippen LogP contribution in [0.25, 0.3) is 0 Å². The number of hydrogen-bond acceptors (Lipinski definition) is 4. The molecule has 5 N–H and O–H groups in total. The standard InChI is InChI=1S/C9H18N2O3/c1-2-7(12)5-3-4-6-9(10,11)8(13)14/h2-6,10-11H2,1H3,(H,13,14). The molecule has 0 atom stereocenters.